The van der Waals surface area contributed by atoms with Crippen LogP contribution in [0, 0.1) is 20.8 Å². The van der Waals surface area contributed by atoms with Gasteiger partial charge in [0, 0.05) is 24.3 Å². The third kappa shape index (κ3) is 3.66. The number of anilines is 1. The van der Waals surface area contributed by atoms with E-state index in [0.29, 0.717) is 24.2 Å². The van der Waals surface area contributed by atoms with Crippen LogP contribution in [-0.2, 0) is 10.0 Å². The van der Waals surface area contributed by atoms with Crippen molar-refractivity contribution in [3.63, 3.8) is 0 Å². The second kappa shape index (κ2) is 7.21. The number of benzene rings is 2. The van der Waals surface area contributed by atoms with E-state index in [-0.39, 0.29) is 10.8 Å². The van der Waals surface area contributed by atoms with E-state index in [2.05, 4.69) is 5.32 Å². The normalized spacial score (nSPS) is 15.2. The summed E-state index contributed by atoms with van der Waals surface area (Å²) in [5.74, 6) is -0.310. The Morgan fingerprint density at radius 2 is 1.65 bits per heavy atom. The quantitative estimate of drug-likeness (QED) is 0.891. The third-order valence-electron chi connectivity index (χ3n) is 4.76. The number of aryl methyl sites for hydroxylation is 3. The Morgan fingerprint density at radius 3 is 2.31 bits per heavy atom. The summed E-state index contributed by atoms with van der Waals surface area (Å²) in [5.41, 5.74) is 3.81. The zero-order valence-electron chi connectivity index (χ0n) is 15.4. The average molecular weight is 372 g/mol. The van der Waals surface area contributed by atoms with Gasteiger partial charge in [0.05, 0.1) is 4.90 Å². The van der Waals surface area contributed by atoms with E-state index in [1.54, 1.807) is 19.1 Å². The van der Waals surface area contributed by atoms with E-state index < -0.39 is 10.0 Å². The molecule has 6 heteroatoms. The van der Waals surface area contributed by atoms with E-state index in [9.17, 15) is 13.2 Å². The maximum absolute atomic E-state index is 12.9. The van der Waals surface area contributed by atoms with Crippen LogP contribution in [0.3, 0.4) is 0 Å². The number of nitrogens with one attached hydrogen (secondary N) is 1. The Hall–Kier alpha value is -2.18. The molecule has 1 amide bonds. The van der Waals surface area contributed by atoms with Crippen LogP contribution in [0.25, 0.3) is 0 Å². The predicted octanol–water partition coefficient (Wildman–Crippen LogP) is 3.65. The monoisotopic (exact) mass is 372 g/mol. The molecular weight excluding hydrogens is 348 g/mol. The summed E-state index contributed by atoms with van der Waals surface area (Å²) in [6.07, 6.45) is 1.76. The lowest BCUT2D eigenvalue weighted by Crippen LogP contribution is -2.28. The lowest BCUT2D eigenvalue weighted by Gasteiger charge is -2.18. The first-order valence-electron chi connectivity index (χ1n) is 8.78. The van der Waals surface area contributed by atoms with Crippen molar-refractivity contribution in [1.29, 1.82) is 0 Å². The van der Waals surface area contributed by atoms with E-state index in [1.807, 2.05) is 32.0 Å². The van der Waals surface area contributed by atoms with Crippen LogP contribution in [0.15, 0.2) is 41.3 Å². The van der Waals surface area contributed by atoms with Gasteiger partial charge in [-0.3, -0.25) is 4.79 Å². The van der Waals surface area contributed by atoms with Crippen LogP contribution in [-0.4, -0.2) is 31.7 Å². The van der Waals surface area contributed by atoms with Gasteiger partial charge in [-0.1, -0.05) is 23.8 Å². The first-order chi connectivity index (χ1) is 12.3. The van der Waals surface area contributed by atoms with Gasteiger partial charge >= 0.3 is 0 Å². The number of nitrogens with zero attached hydrogens (tertiary/aromatic N) is 1. The molecule has 0 bridgehead atoms. The fourth-order valence-electron chi connectivity index (χ4n) is 3.24. The summed E-state index contributed by atoms with van der Waals surface area (Å²) in [6.45, 7) is 6.77. The molecule has 0 aromatic heterocycles. The molecule has 0 radical (unpaired) electrons. The van der Waals surface area contributed by atoms with Crippen molar-refractivity contribution in [3.8, 4) is 0 Å². The Balaban J connectivity index is 1.90. The first kappa shape index (κ1) is 18.6. The van der Waals surface area contributed by atoms with Gasteiger partial charge in [-0.2, -0.15) is 4.31 Å². The Labute approximate surface area is 155 Å². The fraction of sp³-hybridized carbons (Fsp3) is 0.350. The van der Waals surface area contributed by atoms with Crippen LogP contribution >= 0.6 is 0 Å². The number of rotatable bonds is 4. The summed E-state index contributed by atoms with van der Waals surface area (Å²) in [5, 5.41) is 2.87. The second-order valence-corrected chi connectivity index (χ2v) is 8.77. The summed E-state index contributed by atoms with van der Waals surface area (Å²) in [6, 6.07) is 10.6. The van der Waals surface area contributed by atoms with E-state index in [1.165, 1.54) is 10.4 Å². The Kier molecular flexibility index (Phi) is 5.16. The van der Waals surface area contributed by atoms with Gasteiger partial charge in [-0.05, 0) is 62.9 Å². The molecule has 26 heavy (non-hydrogen) atoms. The van der Waals surface area contributed by atoms with Crippen molar-refractivity contribution in [2.24, 2.45) is 0 Å². The first-order valence-corrected chi connectivity index (χ1v) is 10.2. The maximum Gasteiger partial charge on any atom is 0.255 e. The van der Waals surface area contributed by atoms with Gasteiger partial charge in [-0.25, -0.2) is 8.42 Å². The molecule has 0 saturated carbocycles. The van der Waals surface area contributed by atoms with Gasteiger partial charge in [0.15, 0.2) is 0 Å². The molecule has 1 heterocycles. The second-order valence-electron chi connectivity index (χ2n) is 6.86. The zero-order valence-corrected chi connectivity index (χ0v) is 16.2. The van der Waals surface area contributed by atoms with Crippen molar-refractivity contribution in [2.75, 3.05) is 18.4 Å². The number of hydrogen-bond acceptors (Lipinski definition) is 3. The third-order valence-corrected chi connectivity index (χ3v) is 6.80. The molecule has 138 valence electrons. The van der Waals surface area contributed by atoms with Crippen LogP contribution in [0.2, 0.25) is 0 Å². The molecule has 1 N–H and O–H groups in total. The molecule has 1 saturated heterocycles. The van der Waals surface area contributed by atoms with Crippen molar-refractivity contribution in [2.45, 2.75) is 38.5 Å². The molecule has 0 aliphatic carbocycles. The van der Waals surface area contributed by atoms with Crippen LogP contribution in [0.4, 0.5) is 5.69 Å². The summed E-state index contributed by atoms with van der Waals surface area (Å²) >= 11 is 0. The minimum absolute atomic E-state index is 0.215. The maximum atomic E-state index is 12.9. The van der Waals surface area contributed by atoms with E-state index in [4.69, 9.17) is 0 Å². The highest BCUT2D eigenvalue weighted by atomic mass is 32.2. The van der Waals surface area contributed by atoms with Crippen LogP contribution in [0.1, 0.15) is 39.9 Å². The molecule has 1 fully saturated rings. The Morgan fingerprint density at radius 1 is 0.962 bits per heavy atom. The lowest BCUT2D eigenvalue weighted by atomic mass is 10.1. The number of carbonyl (C=O) groups excluding carboxylic acids is 1. The lowest BCUT2D eigenvalue weighted by molar-refractivity contribution is 0.102. The van der Waals surface area contributed by atoms with E-state index in [0.717, 1.165) is 29.7 Å². The fourth-order valence-corrected chi connectivity index (χ4v) is 5.00. The molecule has 1 aliphatic rings. The predicted molar refractivity (Wildman–Crippen MR) is 103 cm³/mol. The molecule has 2 aromatic carbocycles. The van der Waals surface area contributed by atoms with Gasteiger partial charge in [-0.15, -0.1) is 0 Å². The number of sulfonamides is 1. The summed E-state index contributed by atoms with van der Waals surface area (Å²) in [4.78, 5) is 12.9. The molecule has 0 atom stereocenters. The smallest absolute Gasteiger partial charge is 0.255 e. The van der Waals surface area contributed by atoms with Gasteiger partial charge in [0.1, 0.15) is 0 Å². The van der Waals surface area contributed by atoms with Crippen molar-refractivity contribution in [3.05, 3.63) is 58.7 Å². The average Bonchev–Trinajstić information content (AvgIpc) is 3.13. The highest BCUT2D eigenvalue weighted by molar-refractivity contribution is 7.89. The summed E-state index contributed by atoms with van der Waals surface area (Å²) in [7, 11) is -3.56. The highest BCUT2D eigenvalue weighted by Gasteiger charge is 2.29. The van der Waals surface area contributed by atoms with Gasteiger partial charge in [0.2, 0.25) is 10.0 Å². The molecule has 1 aliphatic heterocycles. The van der Waals surface area contributed by atoms with E-state index >= 15 is 0 Å². The van der Waals surface area contributed by atoms with Crippen molar-refractivity contribution >= 4 is 21.6 Å². The largest absolute Gasteiger partial charge is 0.322 e. The van der Waals surface area contributed by atoms with Crippen molar-refractivity contribution in [1.82, 2.24) is 4.31 Å². The van der Waals surface area contributed by atoms with Gasteiger partial charge < -0.3 is 5.32 Å². The molecule has 2 aromatic rings. The topological polar surface area (TPSA) is 66.5 Å². The summed E-state index contributed by atoms with van der Waals surface area (Å²) < 4.78 is 27.2. The minimum atomic E-state index is -3.56. The SMILES string of the molecule is Cc1ccc(NC(=O)c2ccc(C)c(S(=O)(=O)N3CCCC3)c2)c(C)c1. The number of hydrogen-bond donors (Lipinski definition) is 1. The molecule has 5 nitrogen and oxygen atoms in total. The molecule has 3 rings (SSSR count). The number of carbonyl (C=O) groups is 1. The molecule has 0 unspecified atom stereocenters. The van der Waals surface area contributed by atoms with Crippen LogP contribution < -0.4 is 5.32 Å². The van der Waals surface area contributed by atoms with Crippen LogP contribution in [0.5, 0.6) is 0 Å². The number of amides is 1. The standard InChI is InChI=1S/C20H24N2O3S/c1-14-6-9-18(16(3)12-14)21-20(23)17-8-7-15(2)19(13-17)26(24,25)22-10-4-5-11-22/h6-9,12-13H,4-5,10-11H2,1-3H3,(H,21,23). The zero-order chi connectivity index (χ0) is 18.9. The molecule has 0 spiro atoms. The highest BCUT2D eigenvalue weighted by Crippen LogP contribution is 2.25. The Bertz CT molecular complexity index is 946. The molecular formula is C20H24N2O3S. The van der Waals surface area contributed by atoms with Gasteiger partial charge in [0.25, 0.3) is 5.91 Å². The minimum Gasteiger partial charge on any atom is -0.322 e. The van der Waals surface area contributed by atoms with Crippen molar-refractivity contribution < 1.29 is 13.2 Å².